The molecule has 0 saturated heterocycles. The first kappa shape index (κ1) is 15.7. The first-order valence-electron chi connectivity index (χ1n) is 6.76. The number of hydrogen-bond donors (Lipinski definition) is 0. The molecule has 0 radical (unpaired) electrons. The highest BCUT2D eigenvalue weighted by atomic mass is 35.5. The van der Waals surface area contributed by atoms with Crippen molar-refractivity contribution >= 4 is 34.9 Å². The van der Waals surface area contributed by atoms with E-state index >= 15 is 0 Å². The topological polar surface area (TPSA) is 69.4 Å². The molecule has 0 fully saturated rings. The lowest BCUT2D eigenvalue weighted by Gasteiger charge is -2.05. The first-order valence-corrected chi connectivity index (χ1v) is 7.52. The number of nitrogens with zero attached hydrogens (tertiary/aromatic N) is 4. The zero-order valence-corrected chi connectivity index (χ0v) is 13.9. The number of carbonyl (C=O) groups is 1. The van der Waals surface area contributed by atoms with Gasteiger partial charge in [-0.3, -0.25) is 0 Å². The van der Waals surface area contributed by atoms with Crippen LogP contribution in [0.15, 0.2) is 24.3 Å². The van der Waals surface area contributed by atoms with Gasteiger partial charge in [0.2, 0.25) is 0 Å². The number of rotatable bonds is 3. The molecule has 0 atom stereocenters. The fourth-order valence-corrected chi connectivity index (χ4v) is 2.56. The highest BCUT2D eigenvalue weighted by molar-refractivity contribution is 6.35. The van der Waals surface area contributed by atoms with Gasteiger partial charge in [0.25, 0.3) is 11.6 Å². The van der Waals surface area contributed by atoms with Crippen molar-refractivity contribution in [3.05, 3.63) is 57.1 Å². The zero-order chi connectivity index (χ0) is 16.6. The van der Waals surface area contributed by atoms with Crippen molar-refractivity contribution in [1.29, 1.82) is 0 Å². The molecule has 0 bridgehead atoms. The SMILES string of the molecule is Cc1cc(C)n2nc(C(=O)OCc3ccc(Cl)cc3Cl)nc2n1. The molecule has 2 aromatic heterocycles. The largest absolute Gasteiger partial charge is 0.455 e. The van der Waals surface area contributed by atoms with Gasteiger partial charge in [0.05, 0.1) is 0 Å². The van der Waals surface area contributed by atoms with E-state index in [2.05, 4.69) is 15.1 Å². The molecule has 0 N–H and O–H groups in total. The summed E-state index contributed by atoms with van der Waals surface area (Å²) in [4.78, 5) is 20.4. The number of aromatic nitrogens is 4. The molecule has 118 valence electrons. The van der Waals surface area contributed by atoms with Crippen LogP contribution in [0.3, 0.4) is 0 Å². The van der Waals surface area contributed by atoms with Gasteiger partial charge in [-0.1, -0.05) is 29.3 Å². The molecule has 6 nitrogen and oxygen atoms in total. The summed E-state index contributed by atoms with van der Waals surface area (Å²) in [5.41, 5.74) is 2.29. The smallest absolute Gasteiger partial charge is 0.378 e. The van der Waals surface area contributed by atoms with E-state index in [9.17, 15) is 4.79 Å². The molecule has 0 aliphatic carbocycles. The number of esters is 1. The Hall–Kier alpha value is -2.18. The van der Waals surface area contributed by atoms with E-state index in [4.69, 9.17) is 27.9 Å². The van der Waals surface area contributed by atoms with Gasteiger partial charge >= 0.3 is 5.97 Å². The minimum Gasteiger partial charge on any atom is -0.455 e. The summed E-state index contributed by atoms with van der Waals surface area (Å²) in [7, 11) is 0. The molecule has 0 saturated carbocycles. The highest BCUT2D eigenvalue weighted by Gasteiger charge is 2.17. The molecule has 0 unspecified atom stereocenters. The molecule has 1 aromatic carbocycles. The maximum absolute atomic E-state index is 12.1. The van der Waals surface area contributed by atoms with Crippen molar-refractivity contribution in [2.75, 3.05) is 0 Å². The standard InChI is InChI=1S/C15H12Cl2N4O2/c1-8-5-9(2)21-15(18-8)19-13(20-21)14(22)23-7-10-3-4-11(16)6-12(10)17/h3-6H,7H2,1-2H3. The van der Waals surface area contributed by atoms with Gasteiger partial charge in [0.15, 0.2) is 0 Å². The number of benzene rings is 1. The average molecular weight is 351 g/mol. The van der Waals surface area contributed by atoms with Gasteiger partial charge in [0.1, 0.15) is 6.61 Å². The van der Waals surface area contributed by atoms with Crippen molar-refractivity contribution in [2.24, 2.45) is 0 Å². The van der Waals surface area contributed by atoms with E-state index in [-0.39, 0.29) is 12.4 Å². The molecule has 0 aliphatic rings. The molecule has 0 aliphatic heterocycles. The third-order valence-electron chi connectivity index (χ3n) is 3.17. The summed E-state index contributed by atoms with van der Waals surface area (Å²) >= 11 is 11.9. The Kier molecular flexibility index (Phi) is 4.19. The van der Waals surface area contributed by atoms with Crippen LogP contribution in [0.1, 0.15) is 27.6 Å². The van der Waals surface area contributed by atoms with Crippen LogP contribution >= 0.6 is 23.2 Å². The molecule has 3 aromatic rings. The fourth-order valence-electron chi connectivity index (χ4n) is 2.10. The Balaban J connectivity index is 1.79. The fraction of sp³-hybridized carbons (Fsp3) is 0.200. The van der Waals surface area contributed by atoms with Gasteiger partial charge in [-0.2, -0.15) is 4.98 Å². The van der Waals surface area contributed by atoms with Crippen molar-refractivity contribution < 1.29 is 9.53 Å². The third kappa shape index (κ3) is 3.28. The maximum Gasteiger partial charge on any atom is 0.378 e. The molecular formula is C15H12Cl2N4O2. The second-order valence-corrected chi connectivity index (χ2v) is 5.84. The van der Waals surface area contributed by atoms with E-state index < -0.39 is 5.97 Å². The summed E-state index contributed by atoms with van der Waals surface area (Å²) in [6.45, 7) is 3.72. The predicted molar refractivity (Wildman–Crippen MR) is 85.8 cm³/mol. The molecule has 3 rings (SSSR count). The normalized spacial score (nSPS) is 11.0. The predicted octanol–water partition coefficient (Wildman–Crippen LogP) is 3.40. The monoisotopic (exact) mass is 350 g/mol. The van der Waals surface area contributed by atoms with Crippen LogP contribution in [-0.2, 0) is 11.3 Å². The summed E-state index contributed by atoms with van der Waals surface area (Å²) < 4.78 is 6.70. The maximum atomic E-state index is 12.1. The van der Waals surface area contributed by atoms with Crippen molar-refractivity contribution in [1.82, 2.24) is 19.6 Å². The zero-order valence-electron chi connectivity index (χ0n) is 12.4. The number of aryl methyl sites for hydroxylation is 2. The number of carbonyl (C=O) groups excluding carboxylic acids is 1. The summed E-state index contributed by atoms with van der Waals surface area (Å²) in [5.74, 6) is -0.325. The minimum absolute atomic E-state index is 0.00975. The lowest BCUT2D eigenvalue weighted by Crippen LogP contribution is -2.08. The molecule has 8 heteroatoms. The Morgan fingerprint density at radius 1 is 1.22 bits per heavy atom. The highest BCUT2D eigenvalue weighted by Crippen LogP contribution is 2.21. The summed E-state index contributed by atoms with van der Waals surface area (Å²) in [5, 5.41) is 5.07. The Morgan fingerprint density at radius 2 is 2.00 bits per heavy atom. The van der Waals surface area contributed by atoms with Crippen LogP contribution in [-0.4, -0.2) is 25.6 Å². The van der Waals surface area contributed by atoms with Crippen LogP contribution in [0.4, 0.5) is 0 Å². The first-order chi connectivity index (χ1) is 10.9. The Morgan fingerprint density at radius 3 is 2.74 bits per heavy atom. The number of fused-ring (bicyclic) bond motifs is 1. The van der Waals surface area contributed by atoms with Gasteiger partial charge < -0.3 is 4.74 Å². The van der Waals surface area contributed by atoms with E-state index in [1.165, 1.54) is 4.52 Å². The van der Waals surface area contributed by atoms with E-state index in [1.807, 2.05) is 19.9 Å². The number of ether oxygens (including phenoxy) is 1. The lowest BCUT2D eigenvalue weighted by molar-refractivity contribution is 0.0458. The molecular weight excluding hydrogens is 339 g/mol. The Bertz CT molecular complexity index is 908. The quantitative estimate of drug-likeness (QED) is 0.677. The molecule has 2 heterocycles. The Labute approximate surface area is 142 Å². The van der Waals surface area contributed by atoms with E-state index in [1.54, 1.807) is 18.2 Å². The second-order valence-electron chi connectivity index (χ2n) is 5.00. The van der Waals surface area contributed by atoms with Crippen molar-refractivity contribution in [3.63, 3.8) is 0 Å². The number of hydrogen-bond acceptors (Lipinski definition) is 5. The summed E-state index contributed by atoms with van der Waals surface area (Å²) in [6, 6.07) is 6.82. The van der Waals surface area contributed by atoms with E-state index in [0.29, 0.717) is 21.4 Å². The lowest BCUT2D eigenvalue weighted by atomic mass is 10.2. The second kappa shape index (κ2) is 6.14. The molecule has 0 spiro atoms. The molecule has 23 heavy (non-hydrogen) atoms. The third-order valence-corrected chi connectivity index (χ3v) is 3.76. The number of halogens is 2. The van der Waals surface area contributed by atoms with Crippen LogP contribution < -0.4 is 0 Å². The average Bonchev–Trinajstić information content (AvgIpc) is 2.90. The van der Waals surface area contributed by atoms with Crippen LogP contribution in [0.25, 0.3) is 5.78 Å². The van der Waals surface area contributed by atoms with Gasteiger partial charge in [-0.15, -0.1) is 5.10 Å². The minimum atomic E-state index is -0.640. The van der Waals surface area contributed by atoms with Crippen LogP contribution in [0, 0.1) is 13.8 Å². The van der Waals surface area contributed by atoms with Crippen molar-refractivity contribution in [3.8, 4) is 0 Å². The van der Waals surface area contributed by atoms with Crippen LogP contribution in [0.5, 0.6) is 0 Å². The van der Waals surface area contributed by atoms with Gasteiger partial charge in [0, 0.05) is 27.0 Å². The summed E-state index contributed by atoms with van der Waals surface area (Å²) in [6.07, 6.45) is 0. The van der Waals surface area contributed by atoms with Gasteiger partial charge in [-0.25, -0.2) is 14.3 Å². The van der Waals surface area contributed by atoms with E-state index in [0.717, 1.165) is 11.4 Å². The molecule has 0 amide bonds. The van der Waals surface area contributed by atoms with Gasteiger partial charge in [-0.05, 0) is 32.0 Å². The van der Waals surface area contributed by atoms with Crippen molar-refractivity contribution in [2.45, 2.75) is 20.5 Å². The van der Waals surface area contributed by atoms with Crippen LogP contribution in [0.2, 0.25) is 10.0 Å².